The zero-order chi connectivity index (χ0) is 14.8. The molecule has 0 saturated heterocycles. The summed E-state index contributed by atoms with van der Waals surface area (Å²) in [6.45, 7) is -1.64. The lowest BCUT2D eigenvalue weighted by Gasteiger charge is -2.14. The first-order valence-electron chi connectivity index (χ1n) is 4.71. The zero-order valence-electron chi connectivity index (χ0n) is 9.10. The van der Waals surface area contributed by atoms with E-state index >= 15 is 0 Å². The van der Waals surface area contributed by atoms with E-state index in [9.17, 15) is 26.3 Å². The Morgan fingerprint density at radius 1 is 1.16 bits per heavy atom. The summed E-state index contributed by atoms with van der Waals surface area (Å²) < 4.78 is 77.6. The van der Waals surface area contributed by atoms with Crippen LogP contribution in [-0.4, -0.2) is 17.8 Å². The number of alkyl halides is 6. The van der Waals surface area contributed by atoms with Gasteiger partial charge in [0, 0.05) is 0 Å². The van der Waals surface area contributed by atoms with Crippen molar-refractivity contribution in [3.63, 3.8) is 0 Å². The molecule has 0 radical (unpaired) electrons. The number of hydrogen-bond acceptors (Lipinski definition) is 2. The zero-order valence-corrected chi connectivity index (χ0v) is 9.92. The molecule has 0 spiro atoms. The second-order valence-electron chi connectivity index (χ2n) is 3.48. The lowest BCUT2D eigenvalue weighted by molar-refractivity contribution is -0.153. The van der Waals surface area contributed by atoms with E-state index < -0.39 is 40.8 Å². The minimum atomic E-state index is -4.65. The summed E-state index contributed by atoms with van der Waals surface area (Å²) in [5, 5.41) is 0. The van der Waals surface area contributed by atoms with Crippen molar-refractivity contribution in [2.24, 2.45) is 5.73 Å². The van der Waals surface area contributed by atoms with E-state index in [2.05, 4.69) is 17.0 Å². The fraction of sp³-hybridized carbons (Fsp3) is 0.300. The van der Waals surface area contributed by atoms with Gasteiger partial charge in [-0.1, -0.05) is 12.2 Å². The third-order valence-electron chi connectivity index (χ3n) is 1.96. The molecule has 0 unspecified atom stereocenters. The maximum absolute atomic E-state index is 12.4. The predicted octanol–water partition coefficient (Wildman–Crippen LogP) is 3.28. The van der Waals surface area contributed by atoms with Crippen LogP contribution in [0.1, 0.15) is 11.1 Å². The van der Waals surface area contributed by atoms with Gasteiger partial charge in [0.05, 0.1) is 11.1 Å². The minimum Gasteiger partial charge on any atom is -0.483 e. The van der Waals surface area contributed by atoms with E-state index in [-0.39, 0.29) is 0 Å². The van der Waals surface area contributed by atoms with Crippen LogP contribution in [0.2, 0.25) is 0 Å². The Balaban J connectivity index is 3.09. The summed E-state index contributed by atoms with van der Waals surface area (Å²) in [4.78, 5) is -0.483. The molecule has 9 heteroatoms. The van der Waals surface area contributed by atoms with Crippen LogP contribution < -0.4 is 10.5 Å². The molecule has 1 aromatic rings. The molecule has 0 fully saturated rings. The van der Waals surface area contributed by atoms with Gasteiger partial charge in [-0.05, 0) is 18.2 Å². The fourth-order valence-electron chi connectivity index (χ4n) is 1.18. The second kappa shape index (κ2) is 5.24. The molecule has 0 heterocycles. The van der Waals surface area contributed by atoms with Crippen LogP contribution in [-0.2, 0) is 6.18 Å². The Morgan fingerprint density at radius 3 is 2.16 bits per heavy atom. The van der Waals surface area contributed by atoms with Gasteiger partial charge >= 0.3 is 12.4 Å². The molecule has 19 heavy (non-hydrogen) atoms. The Morgan fingerprint density at radius 2 is 1.74 bits per heavy atom. The average molecular weight is 303 g/mol. The lowest BCUT2D eigenvalue weighted by Crippen LogP contribution is -2.21. The summed E-state index contributed by atoms with van der Waals surface area (Å²) in [6.07, 6.45) is -9.27. The monoisotopic (exact) mass is 303 g/mol. The molecule has 0 aliphatic heterocycles. The van der Waals surface area contributed by atoms with Crippen LogP contribution in [0.3, 0.4) is 0 Å². The van der Waals surface area contributed by atoms with Crippen LogP contribution in [0.25, 0.3) is 0 Å². The second-order valence-corrected chi connectivity index (χ2v) is 3.92. The molecule has 106 valence electrons. The Kier molecular flexibility index (Phi) is 4.28. The van der Waals surface area contributed by atoms with Crippen LogP contribution in [0.4, 0.5) is 26.3 Å². The summed E-state index contributed by atoms with van der Waals surface area (Å²) >= 11 is 4.49. The van der Waals surface area contributed by atoms with Gasteiger partial charge < -0.3 is 10.5 Å². The van der Waals surface area contributed by atoms with Gasteiger partial charge in [0.25, 0.3) is 0 Å². The van der Waals surface area contributed by atoms with Gasteiger partial charge in [0.2, 0.25) is 0 Å². The smallest absolute Gasteiger partial charge is 0.422 e. The van der Waals surface area contributed by atoms with Gasteiger partial charge in [-0.2, -0.15) is 26.3 Å². The highest BCUT2D eigenvalue weighted by atomic mass is 32.1. The van der Waals surface area contributed by atoms with Gasteiger partial charge in [0.15, 0.2) is 6.61 Å². The van der Waals surface area contributed by atoms with E-state index in [1.165, 1.54) is 0 Å². The van der Waals surface area contributed by atoms with Crippen molar-refractivity contribution in [2.45, 2.75) is 12.4 Å². The first-order chi connectivity index (χ1) is 8.50. The van der Waals surface area contributed by atoms with Crippen molar-refractivity contribution >= 4 is 17.2 Å². The summed E-state index contributed by atoms with van der Waals surface area (Å²) in [5.41, 5.74) is 3.70. The predicted molar refractivity (Wildman–Crippen MR) is 58.9 cm³/mol. The van der Waals surface area contributed by atoms with Crippen molar-refractivity contribution in [3.05, 3.63) is 29.3 Å². The molecule has 0 bridgehead atoms. The van der Waals surface area contributed by atoms with Crippen LogP contribution in [0.5, 0.6) is 5.75 Å². The van der Waals surface area contributed by atoms with Crippen molar-refractivity contribution in [3.8, 4) is 5.75 Å². The van der Waals surface area contributed by atoms with Crippen LogP contribution in [0.15, 0.2) is 18.2 Å². The number of nitrogens with two attached hydrogens (primary N) is 1. The highest BCUT2D eigenvalue weighted by Gasteiger charge is 2.32. The highest BCUT2D eigenvalue weighted by Crippen LogP contribution is 2.33. The Bertz CT molecular complexity index is 482. The first-order valence-corrected chi connectivity index (χ1v) is 5.12. The number of thiocarbonyl (C=S) groups is 1. The summed E-state index contributed by atoms with van der Waals surface area (Å²) in [5.74, 6) is -0.446. The van der Waals surface area contributed by atoms with Crippen molar-refractivity contribution in [1.82, 2.24) is 0 Å². The van der Waals surface area contributed by atoms with E-state index in [0.29, 0.717) is 12.1 Å². The number of benzene rings is 1. The number of rotatable bonds is 3. The van der Waals surface area contributed by atoms with Gasteiger partial charge in [-0.3, -0.25) is 0 Å². The molecule has 0 aliphatic carbocycles. The summed E-state index contributed by atoms with van der Waals surface area (Å²) in [7, 11) is 0. The first kappa shape index (κ1) is 15.5. The normalized spacial score (nSPS) is 12.3. The number of ether oxygens (including phenoxy) is 1. The molecular formula is C10H7F6NOS. The van der Waals surface area contributed by atoms with E-state index in [1.54, 1.807) is 0 Å². The number of hydrogen-bond donors (Lipinski definition) is 1. The summed E-state index contributed by atoms with van der Waals surface area (Å²) in [6, 6.07) is 1.89. The third kappa shape index (κ3) is 4.58. The van der Waals surface area contributed by atoms with E-state index in [4.69, 9.17) is 5.73 Å². The quantitative estimate of drug-likeness (QED) is 0.687. The molecule has 0 aromatic heterocycles. The molecule has 2 N–H and O–H groups in total. The molecule has 0 aliphatic rings. The standard InChI is InChI=1S/C10H7F6NOS/c11-9(12,13)4-18-7-2-1-5(10(14,15)16)3-6(7)8(17)19/h1-3H,4H2,(H2,17,19). The van der Waals surface area contributed by atoms with Crippen molar-refractivity contribution in [1.29, 1.82) is 0 Å². The molecule has 0 atom stereocenters. The lowest BCUT2D eigenvalue weighted by atomic mass is 10.1. The molecule has 2 nitrogen and oxygen atoms in total. The van der Waals surface area contributed by atoms with E-state index in [1.807, 2.05) is 0 Å². The molecule has 1 aromatic carbocycles. The van der Waals surface area contributed by atoms with E-state index in [0.717, 1.165) is 6.07 Å². The van der Waals surface area contributed by atoms with Crippen LogP contribution in [0, 0.1) is 0 Å². The molecular weight excluding hydrogens is 296 g/mol. The van der Waals surface area contributed by atoms with Gasteiger partial charge in [-0.25, -0.2) is 0 Å². The fourth-order valence-corrected chi connectivity index (χ4v) is 1.34. The average Bonchev–Trinajstić information content (AvgIpc) is 2.23. The van der Waals surface area contributed by atoms with Crippen molar-refractivity contribution in [2.75, 3.05) is 6.61 Å². The Hall–Kier alpha value is -1.51. The van der Waals surface area contributed by atoms with Gasteiger partial charge in [0.1, 0.15) is 10.7 Å². The molecule has 1 rings (SSSR count). The molecule has 0 amide bonds. The van der Waals surface area contributed by atoms with Crippen molar-refractivity contribution < 1.29 is 31.1 Å². The SMILES string of the molecule is NC(=S)c1cc(C(F)(F)F)ccc1OCC(F)(F)F. The Labute approximate surface area is 109 Å². The maximum Gasteiger partial charge on any atom is 0.422 e. The maximum atomic E-state index is 12.4. The largest absolute Gasteiger partial charge is 0.483 e. The van der Waals surface area contributed by atoms with Crippen LogP contribution >= 0.6 is 12.2 Å². The topological polar surface area (TPSA) is 35.2 Å². The number of halogens is 6. The minimum absolute atomic E-state index is 0.394. The third-order valence-corrected chi connectivity index (χ3v) is 2.18. The van der Waals surface area contributed by atoms with Gasteiger partial charge in [-0.15, -0.1) is 0 Å². The molecule has 0 saturated carbocycles. The highest BCUT2D eigenvalue weighted by molar-refractivity contribution is 7.80.